The molecule has 30 heavy (non-hydrogen) atoms. The third-order valence-corrected chi connectivity index (χ3v) is 4.97. The molecule has 3 rings (SSSR count). The Morgan fingerprint density at radius 2 is 1.80 bits per heavy atom. The maximum atomic E-state index is 12.8. The van der Waals surface area contributed by atoms with Crippen molar-refractivity contribution in [3.05, 3.63) is 59.1 Å². The summed E-state index contributed by atoms with van der Waals surface area (Å²) in [5.41, 5.74) is 6.33. The minimum absolute atomic E-state index is 0.0188. The summed E-state index contributed by atoms with van der Waals surface area (Å²) in [4.78, 5) is 49.9. The molecule has 2 aromatic rings. The molecule has 2 aromatic carbocycles. The molecular weight excluding hydrogens is 408 g/mol. The molecule has 0 saturated carbocycles. The van der Waals surface area contributed by atoms with Crippen molar-refractivity contribution in [1.29, 1.82) is 0 Å². The smallest absolute Gasteiger partial charge is 0.253 e. The molecule has 156 valence electrons. The highest BCUT2D eigenvalue weighted by Gasteiger charge is 2.35. The maximum Gasteiger partial charge on any atom is 0.253 e. The van der Waals surface area contributed by atoms with Crippen LogP contribution in [0.1, 0.15) is 23.2 Å². The molecule has 1 atom stereocenters. The van der Waals surface area contributed by atoms with Gasteiger partial charge in [0.15, 0.2) is 0 Å². The molecule has 0 bridgehead atoms. The van der Waals surface area contributed by atoms with Crippen molar-refractivity contribution in [3.63, 3.8) is 0 Å². The fraction of sp³-hybridized carbons (Fsp3) is 0.238. The summed E-state index contributed by atoms with van der Waals surface area (Å²) in [5, 5.41) is 5.89. The van der Waals surface area contributed by atoms with E-state index in [1.165, 1.54) is 0 Å². The summed E-state index contributed by atoms with van der Waals surface area (Å²) in [7, 11) is 0. The van der Waals surface area contributed by atoms with Crippen molar-refractivity contribution < 1.29 is 19.2 Å². The first kappa shape index (κ1) is 21.3. The number of para-hydroxylation sites is 1. The van der Waals surface area contributed by atoms with Crippen LogP contribution in [0.5, 0.6) is 0 Å². The molecule has 8 nitrogen and oxygen atoms in total. The number of carbonyl (C=O) groups is 4. The maximum absolute atomic E-state index is 12.8. The fourth-order valence-electron chi connectivity index (χ4n) is 3.17. The van der Waals surface area contributed by atoms with Gasteiger partial charge in [0.25, 0.3) is 5.91 Å². The lowest BCUT2D eigenvalue weighted by atomic mass is 10.1. The minimum atomic E-state index is -0.556. The van der Waals surface area contributed by atoms with Crippen LogP contribution in [0.15, 0.2) is 48.5 Å². The Labute approximate surface area is 178 Å². The summed E-state index contributed by atoms with van der Waals surface area (Å²) < 4.78 is 0. The van der Waals surface area contributed by atoms with Gasteiger partial charge in [-0.1, -0.05) is 23.7 Å². The first-order chi connectivity index (χ1) is 14.3. The third kappa shape index (κ3) is 5.15. The molecule has 1 aliphatic rings. The molecule has 1 saturated heterocycles. The zero-order valence-corrected chi connectivity index (χ0v) is 16.8. The highest BCUT2D eigenvalue weighted by Crippen LogP contribution is 2.27. The van der Waals surface area contributed by atoms with Crippen LogP contribution in [0, 0.1) is 5.92 Å². The van der Waals surface area contributed by atoms with E-state index in [4.69, 9.17) is 17.3 Å². The van der Waals surface area contributed by atoms with Crippen molar-refractivity contribution in [2.75, 3.05) is 23.3 Å². The number of nitrogens with two attached hydrogens (primary N) is 1. The molecular formula is C21H21ClN4O4. The molecule has 4 amide bonds. The van der Waals surface area contributed by atoms with Gasteiger partial charge >= 0.3 is 0 Å². The lowest BCUT2D eigenvalue weighted by Gasteiger charge is -2.17. The van der Waals surface area contributed by atoms with Gasteiger partial charge in [-0.05, 0) is 36.4 Å². The van der Waals surface area contributed by atoms with E-state index in [0.29, 0.717) is 16.4 Å². The van der Waals surface area contributed by atoms with E-state index in [2.05, 4.69) is 10.6 Å². The third-order valence-electron chi connectivity index (χ3n) is 4.72. The Balaban J connectivity index is 1.66. The van der Waals surface area contributed by atoms with Gasteiger partial charge in [0.1, 0.15) is 0 Å². The average molecular weight is 429 g/mol. The van der Waals surface area contributed by atoms with E-state index >= 15 is 0 Å². The molecule has 1 aliphatic heterocycles. The molecule has 0 radical (unpaired) electrons. The Hall–Kier alpha value is -3.39. The Morgan fingerprint density at radius 1 is 1.10 bits per heavy atom. The minimum Gasteiger partial charge on any atom is -0.370 e. The normalized spacial score (nSPS) is 15.7. The second kappa shape index (κ2) is 9.41. The topological polar surface area (TPSA) is 122 Å². The van der Waals surface area contributed by atoms with Crippen molar-refractivity contribution >= 4 is 46.6 Å². The van der Waals surface area contributed by atoms with E-state index < -0.39 is 17.7 Å². The largest absolute Gasteiger partial charge is 0.370 e. The van der Waals surface area contributed by atoms with E-state index in [-0.39, 0.29) is 43.3 Å². The van der Waals surface area contributed by atoms with E-state index in [1.54, 1.807) is 53.4 Å². The first-order valence-corrected chi connectivity index (χ1v) is 9.75. The predicted molar refractivity (Wildman–Crippen MR) is 113 cm³/mol. The quantitative estimate of drug-likeness (QED) is 0.623. The van der Waals surface area contributed by atoms with Gasteiger partial charge in [-0.3, -0.25) is 19.2 Å². The molecule has 0 aliphatic carbocycles. The molecule has 1 heterocycles. The lowest BCUT2D eigenvalue weighted by molar-refractivity contribution is -0.122. The second-order valence-electron chi connectivity index (χ2n) is 6.89. The molecule has 9 heteroatoms. The molecule has 1 fully saturated rings. The number of hydrogen-bond donors (Lipinski definition) is 3. The molecule has 1 unspecified atom stereocenters. The summed E-state index contributed by atoms with van der Waals surface area (Å²) in [6, 6.07) is 13.4. The standard InChI is InChI=1S/C21H21ClN4O4/c22-14-5-7-15(8-6-14)26-12-13(11-19(26)28)20(29)25-17-4-2-1-3-16(17)21(30)24-10-9-18(23)27/h1-8,13H,9-12H2,(H2,23,27)(H,24,30)(H,25,29). The Kier molecular flexibility index (Phi) is 6.68. The number of amides is 4. The Bertz CT molecular complexity index is 977. The number of rotatable bonds is 7. The number of benzene rings is 2. The molecule has 0 spiro atoms. The van der Waals surface area contributed by atoms with Gasteiger partial charge in [-0.15, -0.1) is 0 Å². The summed E-state index contributed by atoms with van der Waals surface area (Å²) in [6.45, 7) is 0.336. The van der Waals surface area contributed by atoms with Crippen LogP contribution < -0.4 is 21.3 Å². The summed E-state index contributed by atoms with van der Waals surface area (Å²) in [5.74, 6) is -2.02. The number of nitrogens with zero attached hydrogens (tertiary/aromatic N) is 1. The van der Waals surface area contributed by atoms with Gasteiger partial charge in [0, 0.05) is 36.6 Å². The number of nitrogens with one attached hydrogen (secondary N) is 2. The van der Waals surface area contributed by atoms with E-state index in [0.717, 1.165) is 0 Å². The van der Waals surface area contributed by atoms with Crippen molar-refractivity contribution in [2.24, 2.45) is 11.7 Å². The van der Waals surface area contributed by atoms with Crippen molar-refractivity contribution in [1.82, 2.24) is 5.32 Å². The van der Waals surface area contributed by atoms with Gasteiger partial charge in [0.2, 0.25) is 17.7 Å². The summed E-state index contributed by atoms with van der Waals surface area (Å²) in [6.07, 6.45) is 0.0897. The van der Waals surface area contributed by atoms with Gasteiger partial charge in [0.05, 0.1) is 17.2 Å². The number of hydrogen-bond acceptors (Lipinski definition) is 4. The lowest BCUT2D eigenvalue weighted by Crippen LogP contribution is -2.30. The first-order valence-electron chi connectivity index (χ1n) is 9.37. The van der Waals surface area contributed by atoms with Crippen LogP contribution in [-0.4, -0.2) is 36.7 Å². The highest BCUT2D eigenvalue weighted by atomic mass is 35.5. The van der Waals surface area contributed by atoms with E-state index in [1.807, 2.05) is 0 Å². The number of halogens is 1. The van der Waals surface area contributed by atoms with Crippen molar-refractivity contribution in [2.45, 2.75) is 12.8 Å². The van der Waals surface area contributed by atoms with Crippen LogP contribution in [0.25, 0.3) is 0 Å². The van der Waals surface area contributed by atoms with Crippen molar-refractivity contribution in [3.8, 4) is 0 Å². The van der Waals surface area contributed by atoms with Crippen LogP contribution in [0.2, 0.25) is 5.02 Å². The SMILES string of the molecule is NC(=O)CCNC(=O)c1ccccc1NC(=O)C1CC(=O)N(c2ccc(Cl)cc2)C1. The summed E-state index contributed by atoms with van der Waals surface area (Å²) >= 11 is 5.89. The predicted octanol–water partition coefficient (Wildman–Crippen LogP) is 1.94. The Morgan fingerprint density at radius 3 is 2.50 bits per heavy atom. The number of anilines is 2. The van der Waals surface area contributed by atoms with Gasteiger partial charge < -0.3 is 21.3 Å². The number of carbonyl (C=O) groups excluding carboxylic acids is 4. The van der Waals surface area contributed by atoms with Gasteiger partial charge in [-0.2, -0.15) is 0 Å². The average Bonchev–Trinajstić information content (AvgIpc) is 3.10. The molecule has 0 aromatic heterocycles. The molecule has 4 N–H and O–H groups in total. The van der Waals surface area contributed by atoms with Crippen LogP contribution in [0.3, 0.4) is 0 Å². The zero-order valence-electron chi connectivity index (χ0n) is 16.1. The number of primary amides is 1. The monoisotopic (exact) mass is 428 g/mol. The van der Waals surface area contributed by atoms with Crippen LogP contribution in [0.4, 0.5) is 11.4 Å². The van der Waals surface area contributed by atoms with E-state index in [9.17, 15) is 19.2 Å². The zero-order chi connectivity index (χ0) is 21.7. The van der Waals surface area contributed by atoms with Crippen LogP contribution in [-0.2, 0) is 14.4 Å². The second-order valence-corrected chi connectivity index (χ2v) is 7.33. The highest BCUT2D eigenvalue weighted by molar-refractivity contribution is 6.30. The fourth-order valence-corrected chi connectivity index (χ4v) is 3.30. The van der Waals surface area contributed by atoms with Crippen LogP contribution >= 0.6 is 11.6 Å². The van der Waals surface area contributed by atoms with Gasteiger partial charge in [-0.25, -0.2) is 0 Å².